The third-order valence-corrected chi connectivity index (χ3v) is 3.05. The SMILES string of the molecule is CN(C)C(=O)Cn1nc(CC(=O)O)c2ccccc2c1=O. The number of fused-ring (bicyclic) bond motifs is 1. The number of aliphatic carboxylic acids is 1. The first kappa shape index (κ1) is 14.7. The Morgan fingerprint density at radius 3 is 2.43 bits per heavy atom. The van der Waals surface area contributed by atoms with Crippen LogP contribution in [0.2, 0.25) is 0 Å². The molecule has 7 heteroatoms. The molecule has 21 heavy (non-hydrogen) atoms. The van der Waals surface area contributed by atoms with E-state index in [1.54, 1.807) is 38.4 Å². The van der Waals surface area contributed by atoms with Gasteiger partial charge in [-0.15, -0.1) is 0 Å². The first-order valence-electron chi connectivity index (χ1n) is 6.31. The van der Waals surface area contributed by atoms with Crippen LogP contribution < -0.4 is 5.56 Å². The molecule has 110 valence electrons. The van der Waals surface area contributed by atoms with Gasteiger partial charge in [0.05, 0.1) is 17.5 Å². The third kappa shape index (κ3) is 3.07. The molecule has 1 aromatic carbocycles. The van der Waals surface area contributed by atoms with Gasteiger partial charge in [0, 0.05) is 19.5 Å². The van der Waals surface area contributed by atoms with E-state index in [1.807, 2.05) is 0 Å². The van der Waals surface area contributed by atoms with Gasteiger partial charge in [-0.2, -0.15) is 5.10 Å². The molecule has 1 aromatic heterocycles. The highest BCUT2D eigenvalue weighted by Gasteiger charge is 2.15. The van der Waals surface area contributed by atoms with Gasteiger partial charge in [0.2, 0.25) is 5.91 Å². The van der Waals surface area contributed by atoms with Crippen LogP contribution in [0.4, 0.5) is 0 Å². The summed E-state index contributed by atoms with van der Waals surface area (Å²) in [4.78, 5) is 36.3. The van der Waals surface area contributed by atoms with E-state index in [2.05, 4.69) is 5.10 Å². The van der Waals surface area contributed by atoms with E-state index in [0.29, 0.717) is 10.8 Å². The zero-order chi connectivity index (χ0) is 15.6. The summed E-state index contributed by atoms with van der Waals surface area (Å²) in [6, 6.07) is 6.65. The van der Waals surface area contributed by atoms with Crippen LogP contribution in [0, 0.1) is 0 Å². The Bertz CT molecular complexity index is 764. The maximum Gasteiger partial charge on any atom is 0.309 e. The zero-order valence-electron chi connectivity index (χ0n) is 11.7. The minimum absolute atomic E-state index is 0.219. The molecule has 1 amide bonds. The Kier molecular flexibility index (Phi) is 4.02. The summed E-state index contributed by atoms with van der Waals surface area (Å²) < 4.78 is 1.02. The topological polar surface area (TPSA) is 92.5 Å². The summed E-state index contributed by atoms with van der Waals surface area (Å²) in [5, 5.41) is 13.8. The van der Waals surface area contributed by atoms with E-state index in [-0.39, 0.29) is 24.6 Å². The first-order chi connectivity index (χ1) is 9.90. The largest absolute Gasteiger partial charge is 0.481 e. The number of carbonyl (C=O) groups excluding carboxylic acids is 1. The van der Waals surface area contributed by atoms with Crippen LogP contribution in [-0.2, 0) is 22.6 Å². The van der Waals surface area contributed by atoms with Gasteiger partial charge in [-0.05, 0) is 6.07 Å². The number of carboxylic acids is 1. The first-order valence-corrected chi connectivity index (χ1v) is 6.31. The Hall–Kier alpha value is -2.70. The molecule has 0 atom stereocenters. The van der Waals surface area contributed by atoms with Crippen molar-refractivity contribution in [2.24, 2.45) is 0 Å². The Balaban J connectivity index is 2.61. The number of aromatic nitrogens is 2. The van der Waals surface area contributed by atoms with E-state index in [1.165, 1.54) is 4.90 Å². The molecule has 0 unspecified atom stereocenters. The number of hydrogen-bond acceptors (Lipinski definition) is 4. The molecule has 1 heterocycles. The molecule has 0 radical (unpaired) electrons. The maximum atomic E-state index is 12.3. The van der Waals surface area contributed by atoms with Crippen molar-refractivity contribution in [1.29, 1.82) is 0 Å². The second-order valence-corrected chi connectivity index (χ2v) is 4.81. The molecule has 0 spiro atoms. The van der Waals surface area contributed by atoms with Crippen molar-refractivity contribution in [3.63, 3.8) is 0 Å². The van der Waals surface area contributed by atoms with Crippen LogP contribution in [-0.4, -0.2) is 45.8 Å². The van der Waals surface area contributed by atoms with Gasteiger partial charge >= 0.3 is 5.97 Å². The van der Waals surface area contributed by atoms with Crippen LogP contribution in [0.5, 0.6) is 0 Å². The summed E-state index contributed by atoms with van der Waals surface area (Å²) in [6.07, 6.45) is -0.309. The highest BCUT2D eigenvalue weighted by molar-refractivity contribution is 5.86. The number of carboxylic acid groups (broad SMARTS) is 1. The standard InChI is InChI=1S/C14H15N3O4/c1-16(2)12(18)8-17-14(21)10-6-4-3-5-9(10)11(15-17)7-13(19)20/h3-6H,7-8H2,1-2H3,(H,19,20). The van der Waals surface area contributed by atoms with Gasteiger partial charge in [-0.25, -0.2) is 4.68 Å². The fourth-order valence-electron chi connectivity index (χ4n) is 1.96. The van der Waals surface area contributed by atoms with Crippen molar-refractivity contribution in [1.82, 2.24) is 14.7 Å². The van der Waals surface area contributed by atoms with E-state index in [0.717, 1.165) is 4.68 Å². The van der Waals surface area contributed by atoms with Crippen LogP contribution in [0.1, 0.15) is 5.69 Å². The minimum Gasteiger partial charge on any atom is -0.481 e. The second-order valence-electron chi connectivity index (χ2n) is 4.81. The molecule has 0 aliphatic carbocycles. The number of amides is 1. The lowest BCUT2D eigenvalue weighted by Gasteiger charge is -2.13. The van der Waals surface area contributed by atoms with Crippen LogP contribution >= 0.6 is 0 Å². The lowest BCUT2D eigenvalue weighted by Crippen LogP contribution is -2.34. The van der Waals surface area contributed by atoms with E-state index >= 15 is 0 Å². The van der Waals surface area contributed by atoms with Gasteiger partial charge in [0.15, 0.2) is 0 Å². The van der Waals surface area contributed by atoms with Gasteiger partial charge < -0.3 is 10.0 Å². The average Bonchev–Trinajstić information content (AvgIpc) is 2.43. The van der Waals surface area contributed by atoms with E-state index < -0.39 is 11.5 Å². The van der Waals surface area contributed by atoms with Crippen LogP contribution in [0.25, 0.3) is 10.8 Å². The number of nitrogens with zero attached hydrogens (tertiary/aromatic N) is 3. The quantitative estimate of drug-likeness (QED) is 0.862. The fourth-order valence-corrected chi connectivity index (χ4v) is 1.96. The van der Waals surface area contributed by atoms with E-state index in [4.69, 9.17) is 5.11 Å². The normalized spacial score (nSPS) is 10.6. The summed E-state index contributed by atoms with van der Waals surface area (Å²) in [7, 11) is 3.15. The number of benzene rings is 1. The molecule has 1 N–H and O–H groups in total. The Morgan fingerprint density at radius 2 is 1.86 bits per heavy atom. The van der Waals surface area contributed by atoms with Crippen molar-refractivity contribution in [3.05, 3.63) is 40.3 Å². The summed E-state index contributed by atoms with van der Waals surface area (Å²) >= 11 is 0. The third-order valence-electron chi connectivity index (χ3n) is 3.05. The van der Waals surface area contributed by atoms with Crippen molar-refractivity contribution >= 4 is 22.6 Å². The molecule has 0 saturated carbocycles. The average molecular weight is 289 g/mol. The summed E-state index contributed by atoms with van der Waals surface area (Å²) in [5.41, 5.74) is -0.140. The molecule has 0 bridgehead atoms. The minimum atomic E-state index is -1.04. The molecular formula is C14H15N3O4. The smallest absolute Gasteiger partial charge is 0.309 e. The summed E-state index contributed by atoms with van der Waals surface area (Å²) in [5.74, 6) is -1.34. The number of hydrogen-bond donors (Lipinski definition) is 1. The van der Waals surface area contributed by atoms with Crippen molar-refractivity contribution in [2.45, 2.75) is 13.0 Å². The molecule has 2 aromatic rings. The van der Waals surface area contributed by atoms with Gasteiger partial charge in [-0.1, -0.05) is 18.2 Å². The van der Waals surface area contributed by atoms with E-state index in [9.17, 15) is 14.4 Å². The van der Waals surface area contributed by atoms with Gasteiger partial charge in [0.1, 0.15) is 6.54 Å². The van der Waals surface area contributed by atoms with Gasteiger partial charge in [-0.3, -0.25) is 14.4 Å². The predicted molar refractivity (Wildman–Crippen MR) is 76.0 cm³/mol. The molecule has 0 fully saturated rings. The molecule has 7 nitrogen and oxygen atoms in total. The second kappa shape index (κ2) is 5.74. The molecule has 2 rings (SSSR count). The molecule has 0 aliphatic rings. The zero-order valence-corrected chi connectivity index (χ0v) is 11.7. The van der Waals surface area contributed by atoms with Crippen molar-refractivity contribution in [3.8, 4) is 0 Å². The number of rotatable bonds is 4. The lowest BCUT2D eigenvalue weighted by molar-refractivity contribution is -0.136. The lowest BCUT2D eigenvalue weighted by atomic mass is 10.1. The Labute approximate surface area is 120 Å². The van der Waals surface area contributed by atoms with Crippen LogP contribution in [0.15, 0.2) is 29.1 Å². The number of likely N-dealkylation sites (N-methyl/N-ethyl adjacent to an activating group) is 1. The highest BCUT2D eigenvalue weighted by atomic mass is 16.4. The van der Waals surface area contributed by atoms with Crippen molar-refractivity contribution < 1.29 is 14.7 Å². The maximum absolute atomic E-state index is 12.3. The monoisotopic (exact) mass is 289 g/mol. The molecular weight excluding hydrogens is 274 g/mol. The molecule has 0 saturated heterocycles. The fraction of sp³-hybridized carbons (Fsp3) is 0.286. The Morgan fingerprint density at radius 1 is 1.24 bits per heavy atom. The number of carbonyl (C=O) groups is 2. The molecule has 0 aliphatic heterocycles. The van der Waals surface area contributed by atoms with Gasteiger partial charge in [0.25, 0.3) is 5.56 Å². The predicted octanol–water partition coefficient (Wildman–Crippen LogP) is 0.112. The van der Waals surface area contributed by atoms with Crippen LogP contribution in [0.3, 0.4) is 0 Å². The summed E-state index contributed by atoms with van der Waals surface area (Å²) in [6.45, 7) is -0.219. The van der Waals surface area contributed by atoms with Crippen molar-refractivity contribution in [2.75, 3.05) is 14.1 Å². The highest BCUT2D eigenvalue weighted by Crippen LogP contribution is 2.13.